The van der Waals surface area contributed by atoms with Gasteiger partial charge in [0.25, 0.3) is 5.91 Å². The van der Waals surface area contributed by atoms with Gasteiger partial charge in [0.1, 0.15) is 11.9 Å². The van der Waals surface area contributed by atoms with Crippen LogP contribution in [0.4, 0.5) is 4.39 Å². The molecule has 0 saturated carbocycles. The Morgan fingerprint density at radius 1 is 1.42 bits per heavy atom. The lowest BCUT2D eigenvalue weighted by molar-refractivity contribution is -0.141. The molecule has 1 fully saturated rings. The van der Waals surface area contributed by atoms with Crippen LogP contribution in [-0.4, -0.2) is 45.7 Å². The average molecular weight is 267 g/mol. The summed E-state index contributed by atoms with van der Waals surface area (Å²) in [5.74, 6) is -2.08. The van der Waals surface area contributed by atoms with E-state index in [1.54, 1.807) is 0 Å². The summed E-state index contributed by atoms with van der Waals surface area (Å²) in [4.78, 5) is 24.4. The number of carbonyl (C=O) groups excluding carboxylic acids is 1. The van der Waals surface area contributed by atoms with Gasteiger partial charge in [0.05, 0.1) is 6.10 Å². The maximum atomic E-state index is 13.1. The monoisotopic (exact) mass is 267 g/mol. The molecule has 0 aromatic heterocycles. The lowest BCUT2D eigenvalue weighted by Crippen LogP contribution is -2.40. The maximum absolute atomic E-state index is 13.1. The Labute approximate surface area is 109 Å². The number of benzene rings is 1. The fraction of sp³-hybridized carbons (Fsp3) is 0.385. The molecule has 0 spiro atoms. The molecule has 102 valence electrons. The third kappa shape index (κ3) is 2.58. The number of carboxylic acids is 1. The lowest BCUT2D eigenvalue weighted by Gasteiger charge is -2.21. The van der Waals surface area contributed by atoms with Gasteiger partial charge in [0, 0.05) is 18.5 Å². The number of β-amino-alcohol motifs (C(OH)–C–C–N with tert-alkyl or cyclic N) is 1. The first-order chi connectivity index (χ1) is 8.90. The fourth-order valence-electron chi connectivity index (χ4n) is 2.22. The van der Waals surface area contributed by atoms with Crippen molar-refractivity contribution >= 4 is 11.9 Å². The van der Waals surface area contributed by atoms with Gasteiger partial charge < -0.3 is 15.1 Å². The number of aliphatic hydroxyl groups excluding tert-OH is 1. The zero-order valence-corrected chi connectivity index (χ0v) is 10.3. The first-order valence-corrected chi connectivity index (χ1v) is 5.88. The van der Waals surface area contributed by atoms with Gasteiger partial charge in [0.2, 0.25) is 0 Å². The molecule has 0 unspecified atom stereocenters. The molecule has 2 N–H and O–H groups in total. The summed E-state index contributed by atoms with van der Waals surface area (Å²) in [6, 6.07) is 2.83. The number of carboxylic acid groups (broad SMARTS) is 1. The standard InChI is InChI=1S/C13H14FNO4/c1-7-4-8(2-3-10(7)14)12(17)15-6-9(16)5-11(15)13(18)19/h2-4,9,11,16H,5-6H2,1H3,(H,18,19)/t9-,11-/m1/s1. The molecule has 1 aliphatic rings. The largest absolute Gasteiger partial charge is 0.480 e. The van der Waals surface area contributed by atoms with E-state index in [0.29, 0.717) is 5.56 Å². The molecule has 1 heterocycles. The number of aryl methyl sites for hydroxylation is 1. The number of amides is 1. The van der Waals surface area contributed by atoms with Crippen molar-refractivity contribution in [2.75, 3.05) is 6.54 Å². The molecule has 1 aliphatic heterocycles. The Hall–Kier alpha value is -1.95. The van der Waals surface area contributed by atoms with E-state index in [2.05, 4.69) is 0 Å². The third-order valence-electron chi connectivity index (χ3n) is 3.23. The van der Waals surface area contributed by atoms with E-state index in [0.717, 1.165) is 4.90 Å². The minimum Gasteiger partial charge on any atom is -0.480 e. The van der Waals surface area contributed by atoms with Crippen LogP contribution in [0.5, 0.6) is 0 Å². The van der Waals surface area contributed by atoms with Crippen molar-refractivity contribution in [3.05, 3.63) is 35.1 Å². The van der Waals surface area contributed by atoms with Crippen molar-refractivity contribution in [3.8, 4) is 0 Å². The topological polar surface area (TPSA) is 77.8 Å². The molecule has 0 bridgehead atoms. The van der Waals surface area contributed by atoms with Crippen molar-refractivity contribution < 1.29 is 24.2 Å². The SMILES string of the molecule is Cc1cc(C(=O)N2C[C@H](O)C[C@@H]2C(=O)O)ccc1F. The van der Waals surface area contributed by atoms with Crippen LogP contribution in [0.25, 0.3) is 0 Å². The van der Waals surface area contributed by atoms with E-state index in [4.69, 9.17) is 5.11 Å². The summed E-state index contributed by atoms with van der Waals surface area (Å²) in [5.41, 5.74) is 0.539. The Kier molecular flexibility index (Phi) is 3.53. The van der Waals surface area contributed by atoms with Crippen molar-refractivity contribution in [1.29, 1.82) is 0 Å². The maximum Gasteiger partial charge on any atom is 0.326 e. The molecule has 2 atom stereocenters. The second-order valence-corrected chi connectivity index (χ2v) is 4.67. The first-order valence-electron chi connectivity index (χ1n) is 5.88. The van der Waals surface area contributed by atoms with Gasteiger partial charge in [-0.05, 0) is 30.7 Å². The van der Waals surface area contributed by atoms with Gasteiger partial charge in [-0.1, -0.05) is 0 Å². The smallest absolute Gasteiger partial charge is 0.326 e. The van der Waals surface area contributed by atoms with Gasteiger partial charge in [-0.2, -0.15) is 0 Å². The van der Waals surface area contributed by atoms with Crippen LogP contribution in [-0.2, 0) is 4.79 Å². The Morgan fingerprint density at radius 3 is 2.68 bits per heavy atom. The van der Waals surface area contributed by atoms with Gasteiger partial charge >= 0.3 is 5.97 Å². The highest BCUT2D eigenvalue weighted by Gasteiger charge is 2.39. The number of carbonyl (C=O) groups is 2. The molecule has 5 nitrogen and oxygen atoms in total. The van der Waals surface area contributed by atoms with Gasteiger partial charge in [-0.3, -0.25) is 4.79 Å². The van der Waals surface area contributed by atoms with Crippen LogP contribution in [0.15, 0.2) is 18.2 Å². The predicted octanol–water partition coefficient (Wildman–Crippen LogP) is 0.794. The third-order valence-corrected chi connectivity index (χ3v) is 3.23. The molecule has 1 aromatic rings. The Balaban J connectivity index is 2.27. The summed E-state index contributed by atoms with van der Waals surface area (Å²) < 4.78 is 13.1. The minimum atomic E-state index is -1.15. The van der Waals surface area contributed by atoms with E-state index in [1.165, 1.54) is 25.1 Å². The van der Waals surface area contributed by atoms with Crippen LogP contribution >= 0.6 is 0 Å². The summed E-state index contributed by atoms with van der Waals surface area (Å²) in [6.07, 6.45) is -0.826. The number of halogens is 1. The second-order valence-electron chi connectivity index (χ2n) is 4.67. The van der Waals surface area contributed by atoms with E-state index in [9.17, 15) is 19.1 Å². The second kappa shape index (κ2) is 4.97. The molecular weight excluding hydrogens is 253 g/mol. The number of hydrogen-bond acceptors (Lipinski definition) is 3. The van der Waals surface area contributed by atoms with Gasteiger partial charge in [0.15, 0.2) is 0 Å². The Morgan fingerprint density at radius 2 is 2.11 bits per heavy atom. The van der Waals surface area contributed by atoms with Crippen molar-refractivity contribution in [2.45, 2.75) is 25.5 Å². The number of aliphatic carboxylic acids is 1. The first kappa shape index (κ1) is 13.5. The fourth-order valence-corrected chi connectivity index (χ4v) is 2.22. The van der Waals surface area contributed by atoms with Crippen molar-refractivity contribution in [2.24, 2.45) is 0 Å². The van der Waals surface area contributed by atoms with E-state index >= 15 is 0 Å². The molecule has 1 saturated heterocycles. The van der Waals surface area contributed by atoms with Crippen LogP contribution in [0.3, 0.4) is 0 Å². The van der Waals surface area contributed by atoms with Gasteiger partial charge in [-0.25, -0.2) is 9.18 Å². The summed E-state index contributed by atoms with van der Waals surface area (Å²) >= 11 is 0. The minimum absolute atomic E-state index is 0.0151. The molecule has 2 rings (SSSR count). The zero-order valence-electron chi connectivity index (χ0n) is 10.3. The number of rotatable bonds is 2. The normalized spacial score (nSPS) is 22.6. The van der Waals surface area contributed by atoms with E-state index < -0.39 is 29.8 Å². The summed E-state index contributed by atoms with van der Waals surface area (Å²) in [6.45, 7) is 1.51. The van der Waals surface area contributed by atoms with E-state index in [1.807, 2.05) is 0 Å². The van der Waals surface area contributed by atoms with Crippen molar-refractivity contribution in [3.63, 3.8) is 0 Å². The lowest BCUT2D eigenvalue weighted by atomic mass is 10.1. The van der Waals surface area contributed by atoms with Crippen LogP contribution in [0.2, 0.25) is 0 Å². The number of aliphatic hydroxyl groups is 1. The molecule has 1 aromatic carbocycles. The number of likely N-dealkylation sites (tertiary alicyclic amines) is 1. The summed E-state index contributed by atoms with van der Waals surface area (Å²) in [5, 5.41) is 18.5. The van der Waals surface area contributed by atoms with Crippen molar-refractivity contribution in [1.82, 2.24) is 4.90 Å². The highest BCUT2D eigenvalue weighted by molar-refractivity contribution is 5.97. The number of nitrogens with zero attached hydrogens (tertiary/aromatic N) is 1. The molecule has 19 heavy (non-hydrogen) atoms. The number of hydrogen-bond donors (Lipinski definition) is 2. The van der Waals surface area contributed by atoms with Crippen LogP contribution in [0.1, 0.15) is 22.3 Å². The molecule has 6 heteroatoms. The molecule has 0 radical (unpaired) electrons. The van der Waals surface area contributed by atoms with Gasteiger partial charge in [-0.15, -0.1) is 0 Å². The predicted molar refractivity (Wildman–Crippen MR) is 64.2 cm³/mol. The highest BCUT2D eigenvalue weighted by atomic mass is 19.1. The van der Waals surface area contributed by atoms with Crippen LogP contribution in [0, 0.1) is 12.7 Å². The molecular formula is C13H14FNO4. The Bertz CT molecular complexity index is 531. The molecule has 1 amide bonds. The molecule has 0 aliphatic carbocycles. The quantitative estimate of drug-likeness (QED) is 0.830. The highest BCUT2D eigenvalue weighted by Crippen LogP contribution is 2.21. The van der Waals surface area contributed by atoms with Crippen LogP contribution < -0.4 is 0 Å². The van der Waals surface area contributed by atoms with E-state index in [-0.39, 0.29) is 18.5 Å². The zero-order chi connectivity index (χ0) is 14.2. The summed E-state index contributed by atoms with van der Waals surface area (Å²) in [7, 11) is 0. The average Bonchev–Trinajstić information content (AvgIpc) is 2.74.